The Morgan fingerprint density at radius 2 is 2.00 bits per heavy atom. The SMILES string of the molecule is Cc1nc(CN2CCN(C(=O)Nc3ccc4c(ccn4CC(C)C)c3)CC2)cs1. The summed E-state index contributed by atoms with van der Waals surface area (Å²) < 4.78 is 2.27. The van der Waals surface area contributed by atoms with Crippen LogP contribution in [0.25, 0.3) is 10.9 Å². The monoisotopic (exact) mass is 411 g/mol. The maximum absolute atomic E-state index is 12.7. The Labute approximate surface area is 176 Å². The summed E-state index contributed by atoms with van der Waals surface area (Å²) in [7, 11) is 0. The van der Waals surface area contributed by atoms with Crippen LogP contribution in [0.1, 0.15) is 24.5 Å². The third kappa shape index (κ3) is 4.79. The number of carbonyl (C=O) groups is 1. The lowest BCUT2D eigenvalue weighted by molar-refractivity contribution is 0.142. The maximum Gasteiger partial charge on any atom is 0.321 e. The molecule has 4 rings (SSSR count). The van der Waals surface area contributed by atoms with Gasteiger partial charge in [-0.3, -0.25) is 4.90 Å². The second kappa shape index (κ2) is 8.55. The van der Waals surface area contributed by atoms with Gasteiger partial charge in [0.2, 0.25) is 0 Å². The molecule has 0 aliphatic carbocycles. The van der Waals surface area contributed by atoms with E-state index in [1.807, 2.05) is 17.9 Å². The van der Waals surface area contributed by atoms with Crippen molar-refractivity contribution in [1.29, 1.82) is 0 Å². The number of rotatable bonds is 5. The first-order valence-electron chi connectivity index (χ1n) is 10.3. The normalized spacial score (nSPS) is 15.4. The predicted molar refractivity (Wildman–Crippen MR) is 119 cm³/mol. The molecular formula is C22H29N5OS. The Morgan fingerprint density at radius 3 is 2.69 bits per heavy atom. The van der Waals surface area contributed by atoms with Crippen LogP contribution in [-0.4, -0.2) is 51.6 Å². The summed E-state index contributed by atoms with van der Waals surface area (Å²) in [4.78, 5) is 21.5. The van der Waals surface area contributed by atoms with Crippen LogP contribution in [0.4, 0.5) is 10.5 Å². The van der Waals surface area contributed by atoms with Crippen molar-refractivity contribution in [1.82, 2.24) is 19.4 Å². The number of aryl methyl sites for hydroxylation is 1. The van der Waals surface area contributed by atoms with E-state index in [-0.39, 0.29) is 6.03 Å². The van der Waals surface area contributed by atoms with E-state index in [1.165, 1.54) is 5.52 Å². The summed E-state index contributed by atoms with van der Waals surface area (Å²) in [6.45, 7) is 11.6. The predicted octanol–water partition coefficient (Wildman–Crippen LogP) is 4.41. The number of nitrogens with zero attached hydrogens (tertiary/aromatic N) is 4. The number of thiazole rings is 1. The van der Waals surface area contributed by atoms with Gasteiger partial charge in [0.1, 0.15) is 0 Å². The van der Waals surface area contributed by atoms with E-state index >= 15 is 0 Å². The lowest BCUT2D eigenvalue weighted by Crippen LogP contribution is -2.49. The fraction of sp³-hybridized carbons (Fsp3) is 0.455. The molecule has 6 nitrogen and oxygen atoms in total. The number of nitrogens with one attached hydrogen (secondary N) is 1. The molecule has 0 saturated carbocycles. The zero-order valence-corrected chi connectivity index (χ0v) is 18.2. The fourth-order valence-electron chi connectivity index (χ4n) is 3.85. The highest BCUT2D eigenvalue weighted by Crippen LogP contribution is 2.22. The van der Waals surface area contributed by atoms with Crippen LogP contribution in [0.3, 0.4) is 0 Å². The van der Waals surface area contributed by atoms with E-state index in [4.69, 9.17) is 0 Å². The summed E-state index contributed by atoms with van der Waals surface area (Å²) >= 11 is 1.69. The standard InChI is InChI=1S/C22H29N5OS/c1-16(2)13-27-7-6-18-12-19(4-5-21(18)27)24-22(28)26-10-8-25(9-11-26)14-20-15-29-17(3)23-20/h4-7,12,15-16H,8-11,13-14H2,1-3H3,(H,24,28). The molecule has 0 unspecified atom stereocenters. The minimum Gasteiger partial charge on any atom is -0.347 e. The van der Waals surface area contributed by atoms with Crippen LogP contribution in [-0.2, 0) is 13.1 Å². The zero-order valence-electron chi connectivity index (χ0n) is 17.4. The van der Waals surface area contributed by atoms with Crippen LogP contribution in [0.2, 0.25) is 0 Å². The molecule has 3 aromatic rings. The average molecular weight is 412 g/mol. The Bertz CT molecular complexity index is 984. The first kappa shape index (κ1) is 19.9. The molecule has 1 aliphatic heterocycles. The molecule has 3 heterocycles. The van der Waals surface area contributed by atoms with Gasteiger partial charge in [-0.1, -0.05) is 13.8 Å². The van der Waals surface area contributed by atoms with Crippen molar-refractivity contribution in [3.8, 4) is 0 Å². The summed E-state index contributed by atoms with van der Waals surface area (Å²) in [6.07, 6.45) is 2.12. The van der Waals surface area contributed by atoms with Crippen molar-refractivity contribution < 1.29 is 4.79 Å². The molecule has 7 heteroatoms. The van der Waals surface area contributed by atoms with E-state index in [2.05, 4.69) is 63.4 Å². The Hall–Kier alpha value is -2.38. The van der Waals surface area contributed by atoms with Gasteiger partial charge in [-0.15, -0.1) is 11.3 Å². The average Bonchev–Trinajstić information content (AvgIpc) is 3.27. The topological polar surface area (TPSA) is 53.4 Å². The van der Waals surface area contributed by atoms with Crippen LogP contribution in [0.15, 0.2) is 35.8 Å². The van der Waals surface area contributed by atoms with Crippen molar-refractivity contribution in [2.24, 2.45) is 5.92 Å². The second-order valence-corrected chi connectivity index (χ2v) is 9.25. The molecule has 1 N–H and O–H groups in total. The smallest absolute Gasteiger partial charge is 0.321 e. The lowest BCUT2D eigenvalue weighted by atomic mass is 10.2. The van der Waals surface area contributed by atoms with Gasteiger partial charge in [0.15, 0.2) is 0 Å². The number of amides is 2. The molecule has 1 aliphatic rings. The number of hydrogen-bond donors (Lipinski definition) is 1. The number of fused-ring (bicyclic) bond motifs is 1. The van der Waals surface area contributed by atoms with E-state index in [0.717, 1.165) is 61.0 Å². The van der Waals surface area contributed by atoms with Gasteiger partial charge >= 0.3 is 6.03 Å². The largest absolute Gasteiger partial charge is 0.347 e. The van der Waals surface area contributed by atoms with Crippen molar-refractivity contribution in [3.05, 3.63) is 46.5 Å². The first-order chi connectivity index (χ1) is 14.0. The molecule has 0 bridgehead atoms. The molecule has 0 spiro atoms. The van der Waals surface area contributed by atoms with Gasteiger partial charge in [0.05, 0.1) is 10.7 Å². The number of piperazine rings is 1. The maximum atomic E-state index is 12.7. The third-order valence-electron chi connectivity index (χ3n) is 5.30. The quantitative estimate of drug-likeness (QED) is 0.676. The van der Waals surface area contributed by atoms with E-state index in [1.54, 1.807) is 11.3 Å². The molecule has 154 valence electrons. The van der Waals surface area contributed by atoms with Crippen LogP contribution >= 0.6 is 11.3 Å². The Morgan fingerprint density at radius 1 is 1.21 bits per heavy atom. The molecule has 29 heavy (non-hydrogen) atoms. The number of anilines is 1. The van der Waals surface area contributed by atoms with Gasteiger partial charge in [-0.25, -0.2) is 9.78 Å². The highest BCUT2D eigenvalue weighted by molar-refractivity contribution is 7.09. The van der Waals surface area contributed by atoms with Gasteiger partial charge in [-0.05, 0) is 37.1 Å². The summed E-state index contributed by atoms with van der Waals surface area (Å²) in [5, 5.41) is 7.46. The fourth-order valence-corrected chi connectivity index (χ4v) is 4.46. The summed E-state index contributed by atoms with van der Waals surface area (Å²) in [5.74, 6) is 0.600. The minimum atomic E-state index is -0.0184. The molecule has 1 fully saturated rings. The highest BCUT2D eigenvalue weighted by atomic mass is 32.1. The minimum absolute atomic E-state index is 0.0184. The molecule has 1 aromatic carbocycles. The number of carbonyl (C=O) groups excluding carboxylic acids is 1. The summed E-state index contributed by atoms with van der Waals surface area (Å²) in [5.41, 5.74) is 3.19. The second-order valence-electron chi connectivity index (χ2n) is 8.19. The van der Waals surface area contributed by atoms with Crippen LogP contribution < -0.4 is 5.32 Å². The lowest BCUT2D eigenvalue weighted by Gasteiger charge is -2.34. The van der Waals surface area contributed by atoms with Crippen molar-refractivity contribution >= 4 is 34.0 Å². The first-order valence-corrected chi connectivity index (χ1v) is 11.1. The van der Waals surface area contributed by atoms with E-state index in [9.17, 15) is 4.79 Å². The molecule has 2 amide bonds. The number of urea groups is 1. The molecular weight excluding hydrogens is 382 g/mol. The molecule has 0 radical (unpaired) electrons. The van der Waals surface area contributed by atoms with Gasteiger partial charge in [0, 0.05) is 67.4 Å². The van der Waals surface area contributed by atoms with Gasteiger partial charge < -0.3 is 14.8 Å². The van der Waals surface area contributed by atoms with Crippen molar-refractivity contribution in [3.63, 3.8) is 0 Å². The molecule has 0 atom stereocenters. The molecule has 1 saturated heterocycles. The van der Waals surface area contributed by atoms with E-state index in [0.29, 0.717) is 5.92 Å². The van der Waals surface area contributed by atoms with Crippen molar-refractivity contribution in [2.75, 3.05) is 31.5 Å². The molecule has 2 aromatic heterocycles. The number of aromatic nitrogens is 2. The van der Waals surface area contributed by atoms with Crippen LogP contribution in [0, 0.1) is 12.8 Å². The van der Waals surface area contributed by atoms with E-state index < -0.39 is 0 Å². The Kier molecular flexibility index (Phi) is 5.87. The zero-order chi connectivity index (χ0) is 20.4. The number of hydrogen-bond acceptors (Lipinski definition) is 4. The van der Waals surface area contributed by atoms with Gasteiger partial charge in [0.25, 0.3) is 0 Å². The van der Waals surface area contributed by atoms with Crippen LogP contribution in [0.5, 0.6) is 0 Å². The summed E-state index contributed by atoms with van der Waals surface area (Å²) in [6, 6.07) is 8.26. The van der Waals surface area contributed by atoms with Crippen molar-refractivity contribution in [2.45, 2.75) is 33.9 Å². The highest BCUT2D eigenvalue weighted by Gasteiger charge is 2.21. The Balaban J connectivity index is 1.32. The third-order valence-corrected chi connectivity index (χ3v) is 6.12. The number of benzene rings is 1. The van der Waals surface area contributed by atoms with Gasteiger partial charge in [-0.2, -0.15) is 0 Å².